The van der Waals surface area contributed by atoms with E-state index in [4.69, 9.17) is 4.74 Å². The van der Waals surface area contributed by atoms with Crippen molar-refractivity contribution in [3.05, 3.63) is 65.5 Å². The van der Waals surface area contributed by atoms with Crippen LogP contribution in [0.4, 0.5) is 5.69 Å². The molecular formula is C18H18N2O. The summed E-state index contributed by atoms with van der Waals surface area (Å²) in [5.74, 6) is 0.853. The van der Waals surface area contributed by atoms with Gasteiger partial charge >= 0.3 is 0 Å². The van der Waals surface area contributed by atoms with Crippen LogP contribution in [0.2, 0.25) is 0 Å². The Morgan fingerprint density at radius 1 is 1.24 bits per heavy atom. The van der Waals surface area contributed by atoms with Gasteiger partial charge in [0.25, 0.3) is 0 Å². The summed E-state index contributed by atoms with van der Waals surface area (Å²) in [6.07, 6.45) is 12.4. The minimum absolute atomic E-state index is 0.853. The molecule has 106 valence electrons. The topological polar surface area (TPSA) is 24.8 Å². The number of aliphatic imine (C=N–C) groups is 1. The van der Waals surface area contributed by atoms with Crippen LogP contribution in [0.25, 0.3) is 5.57 Å². The van der Waals surface area contributed by atoms with E-state index in [9.17, 15) is 0 Å². The Morgan fingerprint density at radius 3 is 2.90 bits per heavy atom. The number of ether oxygens (including phenoxy) is 1. The van der Waals surface area contributed by atoms with Gasteiger partial charge in [-0.25, -0.2) is 0 Å². The fraction of sp³-hybridized carbons (Fsp3) is 0.167. The molecule has 2 heterocycles. The molecule has 3 nitrogen and oxygen atoms in total. The molecule has 21 heavy (non-hydrogen) atoms. The van der Waals surface area contributed by atoms with Gasteiger partial charge in [0.1, 0.15) is 5.75 Å². The fourth-order valence-electron chi connectivity index (χ4n) is 2.38. The lowest BCUT2D eigenvalue weighted by molar-refractivity contribution is 0.415. The average molecular weight is 278 g/mol. The molecule has 0 saturated heterocycles. The van der Waals surface area contributed by atoms with Gasteiger partial charge in [0.05, 0.1) is 12.8 Å². The Kier molecular flexibility index (Phi) is 3.48. The van der Waals surface area contributed by atoms with E-state index in [1.165, 1.54) is 5.70 Å². The van der Waals surface area contributed by atoms with Crippen LogP contribution >= 0.6 is 0 Å². The normalized spacial score (nSPS) is 20.1. The summed E-state index contributed by atoms with van der Waals surface area (Å²) < 4.78 is 5.29. The van der Waals surface area contributed by atoms with Gasteiger partial charge in [0.15, 0.2) is 0 Å². The first-order chi connectivity index (χ1) is 10.2. The lowest BCUT2D eigenvalue weighted by Gasteiger charge is -2.23. The first-order valence-electron chi connectivity index (χ1n) is 6.92. The summed E-state index contributed by atoms with van der Waals surface area (Å²) in [6.45, 7) is 2.10. The summed E-state index contributed by atoms with van der Waals surface area (Å²) in [7, 11) is 3.75. The number of allylic oxidation sites excluding steroid dienone is 7. The van der Waals surface area contributed by atoms with Crippen LogP contribution in [-0.2, 0) is 0 Å². The van der Waals surface area contributed by atoms with Gasteiger partial charge in [0.2, 0.25) is 0 Å². The van der Waals surface area contributed by atoms with Crippen LogP contribution in [0.15, 0.2) is 65.0 Å². The summed E-state index contributed by atoms with van der Waals surface area (Å²) in [5, 5.41) is 0. The molecule has 0 saturated carbocycles. The molecule has 1 aromatic rings. The predicted octanol–water partition coefficient (Wildman–Crippen LogP) is 4.08. The van der Waals surface area contributed by atoms with Crippen molar-refractivity contribution in [1.29, 1.82) is 0 Å². The molecule has 0 fully saturated rings. The van der Waals surface area contributed by atoms with Gasteiger partial charge in [-0.05, 0) is 43.4 Å². The van der Waals surface area contributed by atoms with E-state index in [0.29, 0.717) is 0 Å². The van der Waals surface area contributed by atoms with Crippen LogP contribution in [0.1, 0.15) is 12.5 Å². The van der Waals surface area contributed by atoms with Crippen molar-refractivity contribution >= 4 is 17.5 Å². The first kappa shape index (κ1) is 13.4. The van der Waals surface area contributed by atoms with Crippen molar-refractivity contribution in [1.82, 2.24) is 4.90 Å². The highest BCUT2D eigenvalue weighted by atomic mass is 16.5. The maximum atomic E-state index is 5.29. The molecule has 0 unspecified atom stereocenters. The molecule has 0 bridgehead atoms. The predicted molar refractivity (Wildman–Crippen MR) is 87.9 cm³/mol. The van der Waals surface area contributed by atoms with Crippen LogP contribution < -0.4 is 4.74 Å². The standard InChI is InChI=1S/C18H18N2O/c1-13-5-4-6-15(20(13)2)8-7-14-12-19-18-10-9-16(21-3)11-17(14)18/h4-12H,1-3H3/b14-7+,15-8-. The average Bonchev–Trinajstić information content (AvgIpc) is 2.91. The molecule has 2 aliphatic heterocycles. The van der Waals surface area contributed by atoms with E-state index >= 15 is 0 Å². The van der Waals surface area contributed by atoms with Gasteiger partial charge in [-0.15, -0.1) is 0 Å². The SMILES string of the molecule is COc1ccc2c(c1)/C(=C/C=C1/C=CC=C(C)N1C)C=N2. The van der Waals surface area contributed by atoms with E-state index in [1.54, 1.807) is 7.11 Å². The number of methoxy groups -OCH3 is 1. The van der Waals surface area contributed by atoms with Crippen molar-refractivity contribution in [2.24, 2.45) is 4.99 Å². The minimum atomic E-state index is 0.853. The van der Waals surface area contributed by atoms with Gasteiger partial charge in [-0.2, -0.15) is 0 Å². The second-order valence-corrected chi connectivity index (χ2v) is 5.08. The second kappa shape index (κ2) is 5.44. The Hall–Kier alpha value is -2.55. The summed E-state index contributed by atoms with van der Waals surface area (Å²) in [5.41, 5.74) is 5.59. The molecule has 3 heteroatoms. The van der Waals surface area contributed by atoms with Crippen LogP contribution in [0.3, 0.4) is 0 Å². The Balaban J connectivity index is 1.92. The molecule has 0 aliphatic carbocycles. The zero-order valence-corrected chi connectivity index (χ0v) is 12.5. The highest BCUT2D eigenvalue weighted by molar-refractivity contribution is 6.16. The smallest absolute Gasteiger partial charge is 0.119 e. The monoisotopic (exact) mass is 278 g/mol. The zero-order chi connectivity index (χ0) is 14.8. The highest BCUT2D eigenvalue weighted by Crippen LogP contribution is 2.34. The maximum Gasteiger partial charge on any atom is 0.119 e. The quantitative estimate of drug-likeness (QED) is 0.814. The van der Waals surface area contributed by atoms with E-state index in [1.807, 2.05) is 24.4 Å². The molecule has 0 N–H and O–H groups in total. The first-order valence-corrected chi connectivity index (χ1v) is 6.92. The van der Waals surface area contributed by atoms with E-state index in [-0.39, 0.29) is 0 Å². The van der Waals surface area contributed by atoms with E-state index in [0.717, 1.165) is 28.3 Å². The largest absolute Gasteiger partial charge is 0.497 e. The highest BCUT2D eigenvalue weighted by Gasteiger charge is 2.13. The molecular weight excluding hydrogens is 260 g/mol. The Morgan fingerprint density at radius 2 is 2.10 bits per heavy atom. The summed E-state index contributed by atoms with van der Waals surface area (Å²) in [4.78, 5) is 6.60. The molecule has 0 aromatic heterocycles. The summed E-state index contributed by atoms with van der Waals surface area (Å²) in [6, 6.07) is 5.94. The number of nitrogens with zero attached hydrogens (tertiary/aromatic N) is 2. The van der Waals surface area contributed by atoms with Gasteiger partial charge < -0.3 is 9.64 Å². The molecule has 1 aromatic carbocycles. The van der Waals surface area contributed by atoms with E-state index < -0.39 is 0 Å². The lowest BCUT2D eigenvalue weighted by atomic mass is 10.1. The number of fused-ring (bicyclic) bond motifs is 1. The summed E-state index contributed by atoms with van der Waals surface area (Å²) >= 11 is 0. The fourth-order valence-corrected chi connectivity index (χ4v) is 2.38. The third-order valence-electron chi connectivity index (χ3n) is 3.81. The number of hydrogen-bond acceptors (Lipinski definition) is 3. The van der Waals surface area contributed by atoms with Crippen molar-refractivity contribution in [2.75, 3.05) is 14.2 Å². The van der Waals surface area contributed by atoms with Gasteiger partial charge in [-0.3, -0.25) is 4.99 Å². The molecule has 2 aliphatic rings. The van der Waals surface area contributed by atoms with Crippen LogP contribution in [-0.4, -0.2) is 25.3 Å². The number of hydrogen-bond donors (Lipinski definition) is 0. The molecule has 0 spiro atoms. The van der Waals surface area contributed by atoms with Crippen molar-refractivity contribution in [3.63, 3.8) is 0 Å². The number of likely N-dealkylation sites (N-methyl/N-ethyl adjacent to an activating group) is 1. The molecule has 0 radical (unpaired) electrons. The third kappa shape index (κ3) is 2.55. The van der Waals surface area contributed by atoms with Gasteiger partial charge in [-0.1, -0.05) is 12.2 Å². The van der Waals surface area contributed by atoms with Crippen LogP contribution in [0, 0.1) is 0 Å². The Bertz CT molecular complexity index is 721. The van der Waals surface area contributed by atoms with Crippen LogP contribution in [0.5, 0.6) is 5.75 Å². The number of rotatable bonds is 2. The van der Waals surface area contributed by atoms with Crippen molar-refractivity contribution in [3.8, 4) is 5.75 Å². The van der Waals surface area contributed by atoms with E-state index in [2.05, 4.69) is 54.2 Å². The Labute approximate surface area is 125 Å². The van der Waals surface area contributed by atoms with Crippen molar-refractivity contribution in [2.45, 2.75) is 6.92 Å². The number of benzene rings is 1. The molecule has 0 atom stereocenters. The second-order valence-electron chi connectivity index (χ2n) is 5.08. The maximum absolute atomic E-state index is 5.29. The lowest BCUT2D eigenvalue weighted by Crippen LogP contribution is -2.15. The molecule has 3 rings (SSSR count). The van der Waals surface area contributed by atoms with Crippen molar-refractivity contribution < 1.29 is 4.74 Å². The molecule has 0 amide bonds. The zero-order valence-electron chi connectivity index (χ0n) is 12.5. The van der Waals surface area contributed by atoms with Gasteiger partial charge in [0, 0.05) is 35.8 Å². The minimum Gasteiger partial charge on any atom is -0.497 e. The third-order valence-corrected chi connectivity index (χ3v) is 3.81.